The fraction of sp³-hybridized carbons (Fsp3) is 0.207. The third-order valence-corrected chi connectivity index (χ3v) is 6.26. The van der Waals surface area contributed by atoms with Gasteiger partial charge in [0.25, 0.3) is 0 Å². The van der Waals surface area contributed by atoms with Crippen molar-refractivity contribution in [2.24, 2.45) is 0 Å². The van der Waals surface area contributed by atoms with Crippen LogP contribution in [0.3, 0.4) is 0 Å². The SMILES string of the molecule is CCCn1c2cc(OCc3ccccc3)ccc2c2cc[n+](Cc3ccccc3F)c(C)c21.[Br-]. The number of pyridine rings is 1. The van der Waals surface area contributed by atoms with Crippen LogP contribution in [0, 0.1) is 12.7 Å². The van der Waals surface area contributed by atoms with E-state index in [4.69, 9.17) is 4.74 Å². The highest BCUT2D eigenvalue weighted by Gasteiger charge is 2.20. The van der Waals surface area contributed by atoms with E-state index < -0.39 is 0 Å². The molecule has 0 aliphatic carbocycles. The third-order valence-electron chi connectivity index (χ3n) is 6.26. The Bertz CT molecular complexity index is 1430. The molecule has 0 amide bonds. The maximum absolute atomic E-state index is 14.3. The van der Waals surface area contributed by atoms with Gasteiger partial charge in [-0.3, -0.25) is 0 Å². The van der Waals surface area contributed by atoms with E-state index in [0.29, 0.717) is 18.7 Å². The second-order valence-corrected chi connectivity index (χ2v) is 8.49. The van der Waals surface area contributed by atoms with E-state index in [9.17, 15) is 4.39 Å². The molecule has 0 saturated heterocycles. The van der Waals surface area contributed by atoms with Crippen LogP contribution in [0.5, 0.6) is 5.75 Å². The van der Waals surface area contributed by atoms with Crippen molar-refractivity contribution in [3.05, 3.63) is 108 Å². The van der Waals surface area contributed by atoms with E-state index in [2.05, 4.69) is 65.6 Å². The molecule has 0 aliphatic rings. The molecule has 2 aromatic heterocycles. The molecule has 0 unspecified atom stereocenters. The molecular formula is C29H28BrFN2O. The van der Waals surface area contributed by atoms with E-state index in [-0.39, 0.29) is 22.8 Å². The minimum absolute atomic E-state index is 0. The standard InChI is InChI=1S/C29H28FN2O.BrH/c1-3-16-32-28-18-24(33-20-22-9-5-4-6-10-22)13-14-25(28)26-15-17-31(21(2)29(26)32)19-23-11-7-8-12-27(23)30;/h4-15,17-18H,3,16,19-20H2,1-2H3;1H/q+1;/p-1. The highest BCUT2D eigenvalue weighted by molar-refractivity contribution is 6.08. The number of hydrogen-bond donors (Lipinski definition) is 0. The predicted molar refractivity (Wildman–Crippen MR) is 131 cm³/mol. The molecule has 0 aliphatic heterocycles. The molecule has 0 bridgehead atoms. The maximum atomic E-state index is 14.3. The summed E-state index contributed by atoms with van der Waals surface area (Å²) in [4.78, 5) is 0. The van der Waals surface area contributed by atoms with Crippen molar-refractivity contribution in [1.29, 1.82) is 0 Å². The average molecular weight is 519 g/mol. The molecule has 5 rings (SSSR count). The topological polar surface area (TPSA) is 18.0 Å². The van der Waals surface area contributed by atoms with Gasteiger partial charge < -0.3 is 26.3 Å². The van der Waals surface area contributed by atoms with Crippen molar-refractivity contribution < 1.29 is 30.7 Å². The first kappa shape index (κ1) is 24.0. The number of nitrogens with zero attached hydrogens (tertiary/aromatic N) is 2. The van der Waals surface area contributed by atoms with Gasteiger partial charge >= 0.3 is 0 Å². The van der Waals surface area contributed by atoms with Crippen LogP contribution in [0.1, 0.15) is 30.2 Å². The van der Waals surface area contributed by atoms with E-state index >= 15 is 0 Å². The summed E-state index contributed by atoms with van der Waals surface area (Å²) in [7, 11) is 0. The summed E-state index contributed by atoms with van der Waals surface area (Å²) in [5.41, 5.74) is 5.35. The minimum atomic E-state index is -0.168. The monoisotopic (exact) mass is 518 g/mol. The first-order valence-electron chi connectivity index (χ1n) is 11.5. The number of aromatic nitrogens is 2. The Morgan fingerprint density at radius 3 is 2.44 bits per heavy atom. The number of rotatable bonds is 7. The first-order valence-corrected chi connectivity index (χ1v) is 11.5. The number of fused-ring (bicyclic) bond motifs is 3. The zero-order chi connectivity index (χ0) is 22.8. The van der Waals surface area contributed by atoms with Crippen LogP contribution in [0.15, 0.2) is 85.1 Å². The van der Waals surface area contributed by atoms with Gasteiger partial charge in [-0.05, 0) is 36.2 Å². The van der Waals surface area contributed by atoms with E-state index in [1.54, 1.807) is 6.07 Å². The Balaban J connectivity index is 0.00000274. The van der Waals surface area contributed by atoms with Crippen molar-refractivity contribution in [1.82, 2.24) is 4.57 Å². The molecule has 34 heavy (non-hydrogen) atoms. The predicted octanol–water partition coefficient (Wildman–Crippen LogP) is 3.57. The number of halogens is 2. The summed E-state index contributed by atoms with van der Waals surface area (Å²) in [6.45, 7) is 6.28. The largest absolute Gasteiger partial charge is 1.00 e. The smallest absolute Gasteiger partial charge is 0.203 e. The number of aryl methyl sites for hydroxylation is 2. The molecule has 3 aromatic carbocycles. The van der Waals surface area contributed by atoms with Gasteiger partial charge in [0.05, 0.1) is 11.1 Å². The highest BCUT2D eigenvalue weighted by atomic mass is 79.9. The lowest BCUT2D eigenvalue weighted by Gasteiger charge is -2.09. The van der Waals surface area contributed by atoms with Crippen LogP contribution in [0.4, 0.5) is 4.39 Å². The van der Waals surface area contributed by atoms with Crippen LogP contribution in [0.25, 0.3) is 21.8 Å². The summed E-state index contributed by atoms with van der Waals surface area (Å²) < 4.78 is 24.9. The molecule has 0 atom stereocenters. The van der Waals surface area contributed by atoms with Gasteiger partial charge in [-0.25, -0.2) is 4.39 Å². The Morgan fingerprint density at radius 2 is 1.68 bits per heavy atom. The second-order valence-electron chi connectivity index (χ2n) is 8.49. The third kappa shape index (κ3) is 4.58. The van der Waals surface area contributed by atoms with Crippen LogP contribution < -0.4 is 26.3 Å². The molecule has 0 N–H and O–H groups in total. The van der Waals surface area contributed by atoms with Crippen molar-refractivity contribution in [2.75, 3.05) is 0 Å². The quantitative estimate of drug-likeness (QED) is 0.301. The first-order chi connectivity index (χ1) is 16.2. The lowest BCUT2D eigenvalue weighted by molar-refractivity contribution is -0.693. The molecule has 5 heteroatoms. The second kappa shape index (κ2) is 10.4. The maximum Gasteiger partial charge on any atom is 0.203 e. The zero-order valence-electron chi connectivity index (χ0n) is 19.5. The van der Waals surface area contributed by atoms with Gasteiger partial charge in [0, 0.05) is 36.4 Å². The molecule has 5 aromatic rings. The van der Waals surface area contributed by atoms with Gasteiger partial charge in [0.15, 0.2) is 12.7 Å². The van der Waals surface area contributed by atoms with Crippen molar-refractivity contribution in [3.63, 3.8) is 0 Å². The van der Waals surface area contributed by atoms with Crippen LogP contribution >= 0.6 is 0 Å². The lowest BCUT2D eigenvalue weighted by atomic mass is 10.1. The van der Waals surface area contributed by atoms with E-state index in [1.165, 1.54) is 27.9 Å². The molecule has 3 nitrogen and oxygen atoms in total. The molecule has 0 fully saturated rings. The van der Waals surface area contributed by atoms with Crippen LogP contribution in [-0.2, 0) is 19.7 Å². The van der Waals surface area contributed by atoms with Crippen molar-refractivity contribution >= 4 is 21.8 Å². The summed E-state index contributed by atoms with van der Waals surface area (Å²) >= 11 is 0. The normalized spacial score (nSPS) is 11.0. The Labute approximate surface area is 210 Å². The lowest BCUT2D eigenvalue weighted by Crippen LogP contribution is -3.00. The van der Waals surface area contributed by atoms with Crippen molar-refractivity contribution in [3.8, 4) is 5.75 Å². The minimum Gasteiger partial charge on any atom is -1.00 e. The van der Waals surface area contributed by atoms with Gasteiger partial charge in [0.2, 0.25) is 5.69 Å². The zero-order valence-corrected chi connectivity index (χ0v) is 21.1. The van der Waals surface area contributed by atoms with Gasteiger partial charge in [-0.1, -0.05) is 49.4 Å². The van der Waals surface area contributed by atoms with E-state index in [1.807, 2.05) is 30.3 Å². The molecule has 0 radical (unpaired) electrons. The van der Waals surface area contributed by atoms with Gasteiger partial charge in [-0.2, -0.15) is 4.57 Å². The van der Waals surface area contributed by atoms with Crippen LogP contribution in [0.2, 0.25) is 0 Å². The van der Waals surface area contributed by atoms with Gasteiger partial charge in [0.1, 0.15) is 23.7 Å². The average Bonchev–Trinajstić information content (AvgIpc) is 3.15. The summed E-state index contributed by atoms with van der Waals surface area (Å²) in [6.07, 6.45) is 3.09. The number of hydrogen-bond acceptors (Lipinski definition) is 1. The summed E-state index contributed by atoms with van der Waals surface area (Å²) in [5.74, 6) is 0.696. The molecule has 174 valence electrons. The molecule has 0 spiro atoms. The van der Waals surface area contributed by atoms with E-state index in [0.717, 1.165) is 30.0 Å². The fourth-order valence-electron chi connectivity index (χ4n) is 4.60. The molecule has 0 saturated carbocycles. The number of ether oxygens (including phenoxy) is 1. The molecular weight excluding hydrogens is 491 g/mol. The Hall–Kier alpha value is -3.18. The summed E-state index contributed by atoms with van der Waals surface area (Å²) in [5, 5.41) is 2.43. The number of benzene rings is 3. The Kier molecular flexibility index (Phi) is 7.32. The Morgan fingerprint density at radius 1 is 0.912 bits per heavy atom. The summed E-state index contributed by atoms with van der Waals surface area (Å²) in [6, 6.07) is 25.7. The molecule has 2 heterocycles. The fourth-order valence-corrected chi connectivity index (χ4v) is 4.60. The highest BCUT2D eigenvalue weighted by Crippen LogP contribution is 2.33. The van der Waals surface area contributed by atoms with Crippen molar-refractivity contribution in [2.45, 2.75) is 40.0 Å². The van der Waals surface area contributed by atoms with Gasteiger partial charge in [-0.15, -0.1) is 0 Å². The van der Waals surface area contributed by atoms with Crippen LogP contribution in [-0.4, -0.2) is 4.57 Å².